The number of hydrogen-bond donors (Lipinski definition) is 7. The van der Waals surface area contributed by atoms with Crippen LogP contribution in [0.15, 0.2) is 134 Å². The van der Waals surface area contributed by atoms with E-state index in [9.17, 15) is 50.3 Å². The second-order valence-electron chi connectivity index (χ2n) is 24.3. The molecule has 5 atom stereocenters. The van der Waals surface area contributed by atoms with Crippen molar-refractivity contribution in [2.45, 2.75) is 106 Å². The number of nitrogens with zero attached hydrogens (tertiary/aromatic N) is 12. The number of fused-ring (bicyclic) bond motifs is 9. The summed E-state index contributed by atoms with van der Waals surface area (Å²) in [5.74, 6) is 1.55. The molecule has 0 saturated carbocycles. The maximum atomic E-state index is 13.9. The highest BCUT2D eigenvalue weighted by Gasteiger charge is 2.44. The summed E-state index contributed by atoms with van der Waals surface area (Å²) in [4.78, 5) is 80.8. The molecule has 24 nitrogen and oxygen atoms in total. The van der Waals surface area contributed by atoms with Crippen molar-refractivity contribution in [1.82, 2.24) is 61.2 Å². The highest BCUT2D eigenvalue weighted by atomic mass is 32.2. The van der Waals surface area contributed by atoms with Gasteiger partial charge in [0, 0.05) is 85.6 Å². The molecule has 4 aromatic carbocycles. The summed E-state index contributed by atoms with van der Waals surface area (Å²) in [5.41, 5.74) is 10.5. The maximum Gasteiger partial charge on any atom is 0.416 e. The molecule has 0 unspecified atom stereocenters. The average Bonchev–Trinajstić information content (AvgIpc) is 1.76. The van der Waals surface area contributed by atoms with Crippen molar-refractivity contribution in [2.75, 3.05) is 68.7 Å². The van der Waals surface area contributed by atoms with Crippen molar-refractivity contribution in [2.24, 2.45) is 5.73 Å². The van der Waals surface area contributed by atoms with Gasteiger partial charge in [-0.25, -0.2) is 33.7 Å². The molecule has 10 heterocycles. The first kappa shape index (κ1) is 65.4. The monoisotopic (exact) mass is 1350 g/mol. The zero-order valence-electron chi connectivity index (χ0n) is 52.1. The van der Waals surface area contributed by atoms with Crippen LogP contribution in [-0.4, -0.2) is 138 Å². The van der Waals surface area contributed by atoms with Gasteiger partial charge in [0.15, 0.2) is 11.6 Å². The number of anilines is 6. The van der Waals surface area contributed by atoms with Crippen LogP contribution in [0.4, 0.5) is 75.1 Å². The van der Waals surface area contributed by atoms with Gasteiger partial charge in [-0.05, 0) is 117 Å². The summed E-state index contributed by atoms with van der Waals surface area (Å²) in [6, 6.07) is 30.3. The van der Waals surface area contributed by atoms with Gasteiger partial charge in [0.1, 0.15) is 5.69 Å². The lowest BCUT2D eigenvalue weighted by Crippen LogP contribution is -2.48. The zero-order valence-corrected chi connectivity index (χ0v) is 52.9. The topological polar surface area (TPSA) is 284 Å². The molecule has 8 aromatic rings. The Kier molecular flexibility index (Phi) is 18.7. The highest BCUT2D eigenvalue weighted by molar-refractivity contribution is 8.00. The van der Waals surface area contributed by atoms with Gasteiger partial charge in [0.25, 0.3) is 0 Å². The van der Waals surface area contributed by atoms with Crippen molar-refractivity contribution >= 4 is 76.1 Å². The van der Waals surface area contributed by atoms with Crippen molar-refractivity contribution in [1.29, 1.82) is 0 Å². The minimum absolute atomic E-state index is 0.00391. The van der Waals surface area contributed by atoms with Crippen LogP contribution in [0.1, 0.15) is 73.9 Å². The van der Waals surface area contributed by atoms with E-state index in [0.717, 1.165) is 73.7 Å². The maximum absolute atomic E-state index is 13.9. The lowest BCUT2D eigenvalue weighted by Gasteiger charge is -2.36. The van der Waals surface area contributed by atoms with E-state index < -0.39 is 29.5 Å². The summed E-state index contributed by atoms with van der Waals surface area (Å²) >= 11 is 1.79. The number of hydrogen-bond acceptors (Lipinski definition) is 15. The van der Waals surface area contributed by atoms with Crippen LogP contribution in [-0.2, 0) is 35.0 Å². The highest BCUT2D eigenvalue weighted by Crippen LogP contribution is 2.44. The van der Waals surface area contributed by atoms with E-state index in [-0.39, 0.29) is 66.4 Å². The van der Waals surface area contributed by atoms with E-state index in [0.29, 0.717) is 120 Å². The van der Waals surface area contributed by atoms with Crippen LogP contribution >= 0.6 is 11.8 Å². The van der Waals surface area contributed by atoms with Crippen LogP contribution < -0.4 is 57.2 Å². The third-order valence-electron chi connectivity index (χ3n) is 17.8. The van der Waals surface area contributed by atoms with Crippen molar-refractivity contribution in [3.05, 3.63) is 156 Å². The number of rotatable bonds is 18. The Morgan fingerprint density at radius 1 is 0.608 bits per heavy atom. The number of nitrogens with two attached hydrogens (primary N) is 1. The molecule has 6 aliphatic rings. The SMILES string of the molecule is NCc1cn(-c2cccc(NC(=O)N3c4nc(-c5cccc(C(F)(F)F)c5)ccc4N4CC[C@H]3C4)c2)nn1.O=C(CC[C@@H]1SC[C@@H]2NC(=O)N[C@@H]21)NCCCCCC(=O)NCc1cn(-c2cccc(NC(=O)N3c4nc(-c5cccc(C(F)(F)F)c5)ccc4N4CC[C@H]3C4)c2)nn1. The predicted octanol–water partition coefficient (Wildman–Crippen LogP) is 9.65. The molecule has 6 aliphatic heterocycles. The Bertz CT molecular complexity index is 4270. The minimum Gasteiger partial charge on any atom is -0.366 e. The zero-order chi connectivity index (χ0) is 67.5. The number of benzene rings is 4. The number of urea groups is 3. The van der Waals surface area contributed by atoms with Gasteiger partial charge in [-0.2, -0.15) is 38.1 Å². The Balaban J connectivity index is 0.000000192. The third kappa shape index (κ3) is 14.8. The first-order valence-corrected chi connectivity index (χ1v) is 32.9. The number of alkyl halides is 6. The van der Waals surface area contributed by atoms with Gasteiger partial charge < -0.3 is 47.4 Å². The Labute approximate surface area is 556 Å². The number of carbonyl (C=O) groups is 5. The Hall–Kier alpha value is -10.3. The lowest BCUT2D eigenvalue weighted by atomic mass is 10.0. The summed E-state index contributed by atoms with van der Waals surface area (Å²) < 4.78 is 83.4. The molecule has 8 N–H and O–H groups in total. The van der Waals surface area contributed by atoms with Gasteiger partial charge in [-0.1, -0.05) is 53.2 Å². The normalized spacial score (nSPS) is 18.9. The standard InChI is InChI=1S/C40H44F3N11O4S.C26H23F3N8O/c41-40(42,43)25-7-4-6-24(18-25)30-11-12-32-37(47-30)54(29-15-17-52(32)22-29)39(58)46-26-8-5-9-28(19-26)53-21-27(50-51-53)20-45-34(55)10-2-1-3-16-44-35(56)14-13-33-36-31(23-59-33)48-38(57)49-36;27-26(28,29)17-4-1-3-16(11-17)22-7-8-23-24(32-22)37(21-9-10-35(23)15-21)25(38)31-18-5-2-6-20(12-18)36-14-19(13-30)33-34-36/h4-9,11-12,18-19,21,29,31,33,36H,1-3,10,13-17,20,22-23H2,(H,44,56)(H,45,55)(H,46,58)(H2,48,49,57);1-8,11-12,14,21H,9-10,13,15,30H2,(H,31,38)/t29-,31-,33-,36-;21-/m00/s1. The molecule has 31 heteroatoms. The molecule has 504 valence electrons. The molecule has 4 saturated heterocycles. The molecule has 0 radical (unpaired) electrons. The largest absolute Gasteiger partial charge is 0.416 e. The van der Waals surface area contributed by atoms with E-state index >= 15 is 0 Å². The van der Waals surface area contributed by atoms with Crippen LogP contribution in [0.5, 0.6) is 0 Å². The van der Waals surface area contributed by atoms with Gasteiger partial charge in [-0.15, -0.1) is 10.2 Å². The second-order valence-corrected chi connectivity index (χ2v) is 25.6. The lowest BCUT2D eigenvalue weighted by molar-refractivity contribution is -0.138. The molecule has 4 aromatic heterocycles. The fourth-order valence-electron chi connectivity index (χ4n) is 12.9. The van der Waals surface area contributed by atoms with E-state index in [1.54, 1.807) is 116 Å². The van der Waals surface area contributed by atoms with Crippen molar-refractivity contribution < 1.29 is 50.3 Å². The quantitative estimate of drug-likeness (QED) is 0.0239. The number of unbranched alkanes of at least 4 members (excludes halogenated alkanes) is 2. The van der Waals surface area contributed by atoms with Crippen LogP contribution in [0, 0.1) is 0 Å². The van der Waals surface area contributed by atoms with Crippen LogP contribution in [0.2, 0.25) is 0 Å². The predicted molar refractivity (Wildman–Crippen MR) is 352 cm³/mol. The number of nitrogens with one attached hydrogen (secondary N) is 6. The summed E-state index contributed by atoms with van der Waals surface area (Å²) in [6.45, 7) is 3.76. The summed E-state index contributed by atoms with van der Waals surface area (Å²) in [7, 11) is 0. The van der Waals surface area contributed by atoms with E-state index in [4.69, 9.17) is 15.7 Å². The van der Waals surface area contributed by atoms with Crippen molar-refractivity contribution in [3.63, 3.8) is 0 Å². The average molecular weight is 1350 g/mol. The summed E-state index contributed by atoms with van der Waals surface area (Å²) in [5, 5.41) is 34.3. The van der Waals surface area contributed by atoms with Gasteiger partial charge in [0.2, 0.25) is 11.8 Å². The number of aromatic nitrogens is 8. The molecular weight excluding hydrogens is 1280 g/mol. The first-order valence-electron chi connectivity index (χ1n) is 31.8. The summed E-state index contributed by atoms with van der Waals surface area (Å²) in [6.07, 6.45) is -0.383. The van der Waals surface area contributed by atoms with Crippen LogP contribution in [0.3, 0.4) is 0 Å². The van der Waals surface area contributed by atoms with Gasteiger partial charge in [0.05, 0.1) is 94.1 Å². The molecule has 0 spiro atoms. The van der Waals surface area contributed by atoms with Crippen LogP contribution in [0.25, 0.3) is 33.9 Å². The number of halogens is 6. The number of amides is 8. The van der Waals surface area contributed by atoms with Gasteiger partial charge in [-0.3, -0.25) is 19.4 Å². The number of thioether (sulfide) groups is 1. The smallest absolute Gasteiger partial charge is 0.366 e. The Morgan fingerprint density at radius 3 is 1.69 bits per heavy atom. The fourth-order valence-corrected chi connectivity index (χ4v) is 14.4. The second kappa shape index (κ2) is 27.8. The fraction of sp³-hybridized carbons (Fsp3) is 0.348. The van der Waals surface area contributed by atoms with E-state index in [1.165, 1.54) is 12.1 Å². The molecular formula is C66H67F6N19O5S. The molecule has 4 fully saturated rings. The van der Waals surface area contributed by atoms with Crippen molar-refractivity contribution in [3.8, 4) is 33.9 Å². The van der Waals surface area contributed by atoms with E-state index in [1.807, 2.05) is 12.1 Å². The minimum atomic E-state index is -4.50. The molecule has 97 heavy (non-hydrogen) atoms. The number of carbonyl (C=O) groups excluding carboxylic acids is 5. The van der Waals surface area contributed by atoms with E-state index in [2.05, 4.69) is 62.3 Å². The first-order chi connectivity index (χ1) is 46.8. The number of pyridine rings is 2. The third-order valence-corrected chi connectivity index (χ3v) is 19.3. The Morgan fingerprint density at radius 2 is 1.14 bits per heavy atom. The van der Waals surface area contributed by atoms with Gasteiger partial charge >= 0.3 is 30.4 Å². The molecule has 0 aliphatic carbocycles. The molecule has 14 rings (SSSR count). The molecule has 4 bridgehead atoms. The molecule has 8 amide bonds.